The van der Waals surface area contributed by atoms with E-state index in [0.717, 1.165) is 5.69 Å². The zero-order chi connectivity index (χ0) is 20.4. The van der Waals surface area contributed by atoms with Gasteiger partial charge in [0.2, 0.25) is 5.91 Å². The highest BCUT2D eigenvalue weighted by Crippen LogP contribution is 2.29. The number of carbonyl (C=O) groups is 2. The van der Waals surface area contributed by atoms with E-state index in [1.165, 1.54) is 27.7 Å². The smallest absolute Gasteiger partial charge is 0.344 e. The van der Waals surface area contributed by atoms with Crippen LogP contribution >= 0.6 is 11.3 Å². The second-order valence-corrected chi connectivity index (χ2v) is 7.07. The van der Waals surface area contributed by atoms with E-state index < -0.39 is 5.97 Å². The molecule has 0 N–H and O–H groups in total. The minimum absolute atomic E-state index is 0.0144. The number of aryl methyl sites for hydroxylation is 1. The molecule has 1 amide bonds. The maximum atomic E-state index is 12.6. The number of ether oxygens (including phenoxy) is 1. The van der Waals surface area contributed by atoms with Crippen molar-refractivity contribution in [2.45, 2.75) is 20.5 Å². The molecular weight excluding hydrogens is 390 g/mol. The number of carbonyl (C=O) groups excluding carboxylic acids is 2. The lowest BCUT2D eigenvalue weighted by atomic mass is 10.2. The molecule has 9 heteroatoms. The topological polar surface area (TPSA) is 89.7 Å². The molecular formula is C20H17N5O3S. The van der Waals surface area contributed by atoms with Crippen molar-refractivity contribution in [2.24, 2.45) is 0 Å². The summed E-state index contributed by atoms with van der Waals surface area (Å²) >= 11 is 1.31. The van der Waals surface area contributed by atoms with Crippen LogP contribution < -0.4 is 4.90 Å². The normalized spacial score (nSPS) is 10.8. The number of para-hydroxylation sites is 1. The summed E-state index contributed by atoms with van der Waals surface area (Å²) in [6.45, 7) is 3.20. The lowest BCUT2D eigenvalue weighted by molar-refractivity contribution is -0.115. The van der Waals surface area contributed by atoms with Crippen molar-refractivity contribution in [3.05, 3.63) is 71.1 Å². The molecule has 0 atom stereocenters. The Balaban J connectivity index is 1.51. The highest BCUT2D eigenvalue weighted by Gasteiger charge is 2.21. The zero-order valence-electron chi connectivity index (χ0n) is 15.8. The predicted molar refractivity (Wildman–Crippen MR) is 108 cm³/mol. The largest absolute Gasteiger partial charge is 0.455 e. The Morgan fingerprint density at radius 3 is 2.76 bits per heavy atom. The number of anilines is 2. The summed E-state index contributed by atoms with van der Waals surface area (Å²) < 4.78 is 6.97. The molecule has 0 saturated heterocycles. The van der Waals surface area contributed by atoms with Gasteiger partial charge in [0.25, 0.3) is 0 Å². The lowest BCUT2D eigenvalue weighted by Gasteiger charge is -2.17. The van der Waals surface area contributed by atoms with Gasteiger partial charge in [-0.2, -0.15) is 5.10 Å². The van der Waals surface area contributed by atoms with Gasteiger partial charge in [-0.25, -0.2) is 19.3 Å². The summed E-state index contributed by atoms with van der Waals surface area (Å²) in [5.74, 6) is -0.667. The lowest BCUT2D eigenvalue weighted by Crippen LogP contribution is -2.22. The molecule has 146 valence electrons. The van der Waals surface area contributed by atoms with E-state index in [1.807, 2.05) is 30.3 Å². The first-order valence-electron chi connectivity index (χ1n) is 8.82. The van der Waals surface area contributed by atoms with Gasteiger partial charge in [-0.15, -0.1) is 11.3 Å². The van der Waals surface area contributed by atoms with Crippen molar-refractivity contribution in [2.75, 3.05) is 4.90 Å². The minimum atomic E-state index is -0.516. The molecule has 0 aliphatic heterocycles. The summed E-state index contributed by atoms with van der Waals surface area (Å²) in [6, 6.07) is 11.0. The third kappa shape index (κ3) is 3.72. The van der Waals surface area contributed by atoms with Gasteiger partial charge >= 0.3 is 5.97 Å². The number of hydrogen-bond acceptors (Lipinski definition) is 7. The molecule has 3 heterocycles. The number of fused-ring (bicyclic) bond motifs is 1. The molecule has 1 aromatic carbocycles. The molecule has 0 aliphatic rings. The van der Waals surface area contributed by atoms with Crippen molar-refractivity contribution in [1.82, 2.24) is 19.6 Å². The van der Waals surface area contributed by atoms with Crippen molar-refractivity contribution in [1.29, 1.82) is 0 Å². The van der Waals surface area contributed by atoms with Crippen LogP contribution in [0.3, 0.4) is 0 Å². The predicted octanol–water partition coefficient (Wildman–Crippen LogP) is 3.54. The molecule has 29 heavy (non-hydrogen) atoms. The summed E-state index contributed by atoms with van der Waals surface area (Å²) in [5, 5.41) is 6.55. The molecule has 8 nitrogen and oxygen atoms in total. The van der Waals surface area contributed by atoms with Gasteiger partial charge in [-0.05, 0) is 25.1 Å². The average molecular weight is 407 g/mol. The molecule has 0 radical (unpaired) electrons. The van der Waals surface area contributed by atoms with Crippen LogP contribution in [0.5, 0.6) is 0 Å². The number of aromatic nitrogens is 4. The van der Waals surface area contributed by atoms with Gasteiger partial charge in [-0.3, -0.25) is 9.69 Å². The fourth-order valence-corrected chi connectivity index (χ4v) is 3.79. The van der Waals surface area contributed by atoms with Crippen LogP contribution in [0, 0.1) is 6.92 Å². The SMILES string of the molecule is CC(=O)N(c1ccccc1)c1nc(COC(=O)c2c(C)nn3cccnc23)cs1. The van der Waals surface area contributed by atoms with Crippen LogP contribution in [-0.4, -0.2) is 31.5 Å². The van der Waals surface area contributed by atoms with Gasteiger partial charge in [0.05, 0.1) is 17.1 Å². The molecule has 0 saturated carbocycles. The first-order chi connectivity index (χ1) is 14.0. The van der Waals surface area contributed by atoms with Gasteiger partial charge < -0.3 is 4.74 Å². The van der Waals surface area contributed by atoms with Gasteiger partial charge in [0.1, 0.15) is 12.2 Å². The number of esters is 1. The van der Waals surface area contributed by atoms with Crippen LogP contribution in [0.1, 0.15) is 28.7 Å². The number of thiazole rings is 1. The number of rotatable bonds is 5. The van der Waals surface area contributed by atoms with Crippen molar-refractivity contribution in [3.8, 4) is 0 Å². The maximum absolute atomic E-state index is 12.6. The summed E-state index contributed by atoms with van der Waals surface area (Å²) in [4.78, 5) is 34.9. The quantitative estimate of drug-likeness (QED) is 0.470. The Bertz CT molecular complexity index is 1190. The third-order valence-electron chi connectivity index (χ3n) is 4.19. The van der Waals surface area contributed by atoms with E-state index >= 15 is 0 Å². The summed E-state index contributed by atoms with van der Waals surface area (Å²) in [7, 11) is 0. The number of benzene rings is 1. The monoisotopic (exact) mass is 407 g/mol. The van der Waals surface area contributed by atoms with Crippen LogP contribution in [0.2, 0.25) is 0 Å². The summed E-state index contributed by atoms with van der Waals surface area (Å²) in [6.07, 6.45) is 3.32. The first-order valence-corrected chi connectivity index (χ1v) is 9.70. The number of hydrogen-bond donors (Lipinski definition) is 0. The average Bonchev–Trinajstić information content (AvgIpc) is 3.30. The fraction of sp³-hybridized carbons (Fsp3) is 0.150. The Hall–Kier alpha value is -3.59. The molecule has 3 aromatic heterocycles. The molecule has 0 fully saturated rings. The molecule has 0 bridgehead atoms. The van der Waals surface area contributed by atoms with Crippen LogP contribution in [-0.2, 0) is 16.1 Å². The second-order valence-electron chi connectivity index (χ2n) is 6.24. The van der Waals surface area contributed by atoms with E-state index in [-0.39, 0.29) is 12.5 Å². The Kier molecular flexibility index (Phi) is 5.05. The Morgan fingerprint density at radius 2 is 2.00 bits per heavy atom. The highest BCUT2D eigenvalue weighted by molar-refractivity contribution is 7.14. The van der Waals surface area contributed by atoms with E-state index in [9.17, 15) is 9.59 Å². The first kappa shape index (κ1) is 18.8. The summed E-state index contributed by atoms with van der Waals surface area (Å²) in [5.41, 5.74) is 2.60. The number of nitrogens with zero attached hydrogens (tertiary/aromatic N) is 5. The fourth-order valence-electron chi connectivity index (χ4n) is 2.92. The van der Waals surface area contributed by atoms with Crippen molar-refractivity contribution < 1.29 is 14.3 Å². The Morgan fingerprint density at radius 1 is 1.21 bits per heavy atom. The van der Waals surface area contributed by atoms with Crippen LogP contribution in [0.15, 0.2) is 54.2 Å². The molecule has 0 spiro atoms. The standard InChI is InChI=1S/C20H17N5O3S/c1-13-17(18-21-9-6-10-24(18)23-13)19(27)28-11-15-12-29-20(22-15)25(14(2)26)16-7-4-3-5-8-16/h3-10,12H,11H2,1-2H3. The van der Waals surface area contributed by atoms with Crippen molar-refractivity contribution >= 4 is 39.7 Å². The van der Waals surface area contributed by atoms with E-state index in [0.29, 0.717) is 27.7 Å². The molecule has 0 unspecified atom stereocenters. The van der Waals surface area contributed by atoms with Crippen LogP contribution in [0.4, 0.5) is 10.8 Å². The maximum Gasteiger partial charge on any atom is 0.344 e. The Labute approximate surface area is 170 Å². The van der Waals surface area contributed by atoms with E-state index in [2.05, 4.69) is 15.1 Å². The third-order valence-corrected chi connectivity index (χ3v) is 5.06. The van der Waals surface area contributed by atoms with Crippen LogP contribution in [0.25, 0.3) is 5.65 Å². The number of amides is 1. The molecule has 0 aliphatic carbocycles. The van der Waals surface area contributed by atoms with E-state index in [4.69, 9.17) is 4.74 Å². The second kappa shape index (κ2) is 7.80. The minimum Gasteiger partial charge on any atom is -0.455 e. The van der Waals surface area contributed by atoms with Gasteiger partial charge in [0.15, 0.2) is 10.8 Å². The molecule has 4 aromatic rings. The van der Waals surface area contributed by atoms with Gasteiger partial charge in [-0.1, -0.05) is 18.2 Å². The zero-order valence-corrected chi connectivity index (χ0v) is 16.6. The van der Waals surface area contributed by atoms with E-state index in [1.54, 1.807) is 30.8 Å². The van der Waals surface area contributed by atoms with Gasteiger partial charge in [0, 0.05) is 24.7 Å². The highest BCUT2D eigenvalue weighted by atomic mass is 32.1. The molecule has 4 rings (SSSR count). The van der Waals surface area contributed by atoms with Crippen molar-refractivity contribution in [3.63, 3.8) is 0 Å².